The number of hydrogen-bond donors (Lipinski definition) is 2. The molecule has 4 aromatic rings. The number of nitrogens with one attached hydrogen (secondary N) is 1. The SMILES string of the molecule is C=CCCn1cc(C#C[C@@](C)(O)c2cc(C)on2)c2c(C(=O)OCc3ccccc3C)c(C)[nH]c2c1=O. The number of H-pyrrole nitrogens is 1. The maximum Gasteiger partial charge on any atom is 0.340 e. The van der Waals surface area contributed by atoms with Crippen molar-refractivity contribution >= 4 is 16.9 Å². The molecule has 37 heavy (non-hydrogen) atoms. The third kappa shape index (κ3) is 5.27. The first kappa shape index (κ1) is 25.7. The molecule has 1 atom stereocenters. The smallest absolute Gasteiger partial charge is 0.340 e. The molecule has 0 radical (unpaired) electrons. The molecule has 0 bridgehead atoms. The minimum atomic E-state index is -1.62. The number of nitrogens with zero attached hydrogens (tertiary/aromatic N) is 2. The second kappa shape index (κ2) is 10.3. The highest BCUT2D eigenvalue weighted by molar-refractivity contribution is 6.07. The van der Waals surface area contributed by atoms with E-state index in [1.165, 1.54) is 11.5 Å². The number of aliphatic hydroxyl groups is 1. The molecule has 0 amide bonds. The van der Waals surface area contributed by atoms with Gasteiger partial charge in [-0.25, -0.2) is 4.79 Å². The molecule has 4 rings (SSSR count). The Hall–Kier alpha value is -4.35. The van der Waals surface area contributed by atoms with E-state index in [0.717, 1.165) is 11.1 Å². The van der Waals surface area contributed by atoms with Crippen molar-refractivity contribution in [2.75, 3.05) is 0 Å². The van der Waals surface area contributed by atoms with E-state index < -0.39 is 11.6 Å². The van der Waals surface area contributed by atoms with Crippen LogP contribution in [-0.2, 0) is 23.5 Å². The van der Waals surface area contributed by atoms with Crippen LogP contribution in [0, 0.1) is 32.6 Å². The molecule has 0 saturated heterocycles. The summed E-state index contributed by atoms with van der Waals surface area (Å²) in [5.41, 5.74) is 1.61. The van der Waals surface area contributed by atoms with Crippen LogP contribution in [-0.4, -0.2) is 25.8 Å². The fourth-order valence-corrected chi connectivity index (χ4v) is 4.06. The molecule has 0 aliphatic rings. The summed E-state index contributed by atoms with van der Waals surface area (Å²) >= 11 is 0. The van der Waals surface area contributed by atoms with Crippen LogP contribution in [0.15, 0.2) is 58.5 Å². The average molecular weight is 500 g/mol. The number of aryl methyl sites for hydroxylation is 4. The van der Waals surface area contributed by atoms with Crippen molar-refractivity contribution in [3.63, 3.8) is 0 Å². The highest BCUT2D eigenvalue weighted by Gasteiger charge is 2.26. The quantitative estimate of drug-likeness (QED) is 0.221. The van der Waals surface area contributed by atoms with Crippen LogP contribution < -0.4 is 5.56 Å². The standard InChI is InChI=1S/C29H29N3O5/c1-6-7-14-32-16-21(12-13-29(5,35)23-15-19(3)37-31-23)25-24(20(4)30-26(25)27(32)33)28(34)36-17-22-11-9-8-10-18(22)2/h6,8-11,15-16,30,35H,1,7,14,17H2,2-5H3/t29-/m1/s1. The molecular weight excluding hydrogens is 470 g/mol. The van der Waals surface area contributed by atoms with Crippen molar-refractivity contribution in [1.29, 1.82) is 0 Å². The lowest BCUT2D eigenvalue weighted by Gasteiger charge is -2.12. The van der Waals surface area contributed by atoms with Crippen molar-refractivity contribution in [1.82, 2.24) is 14.7 Å². The van der Waals surface area contributed by atoms with Crippen molar-refractivity contribution in [2.24, 2.45) is 0 Å². The molecule has 190 valence electrons. The Kier molecular flexibility index (Phi) is 7.18. The van der Waals surface area contributed by atoms with E-state index >= 15 is 0 Å². The van der Waals surface area contributed by atoms with Gasteiger partial charge in [0.15, 0.2) is 5.60 Å². The summed E-state index contributed by atoms with van der Waals surface area (Å²) in [5.74, 6) is 5.77. The lowest BCUT2D eigenvalue weighted by Crippen LogP contribution is -2.21. The topological polar surface area (TPSA) is 110 Å². The van der Waals surface area contributed by atoms with Crippen LogP contribution in [0.25, 0.3) is 10.9 Å². The predicted molar refractivity (Wildman–Crippen MR) is 140 cm³/mol. The fraction of sp³-hybridized carbons (Fsp3) is 0.276. The first-order chi connectivity index (χ1) is 17.6. The van der Waals surface area contributed by atoms with Crippen molar-refractivity contribution < 1.29 is 19.2 Å². The number of esters is 1. The van der Waals surface area contributed by atoms with Crippen molar-refractivity contribution in [2.45, 2.75) is 52.9 Å². The number of ether oxygens (including phenoxy) is 1. The molecule has 0 saturated carbocycles. The Morgan fingerprint density at radius 2 is 2.08 bits per heavy atom. The van der Waals surface area contributed by atoms with Gasteiger partial charge in [-0.1, -0.05) is 47.3 Å². The number of hydrogen-bond acceptors (Lipinski definition) is 6. The Bertz CT molecular complexity index is 1610. The van der Waals surface area contributed by atoms with Crippen molar-refractivity contribution in [3.05, 3.63) is 98.9 Å². The van der Waals surface area contributed by atoms with E-state index in [-0.39, 0.29) is 28.9 Å². The molecule has 8 nitrogen and oxygen atoms in total. The third-order valence-electron chi connectivity index (χ3n) is 6.18. The molecule has 0 unspecified atom stereocenters. The van der Waals surface area contributed by atoms with Crippen LogP contribution >= 0.6 is 0 Å². The second-order valence-corrected chi connectivity index (χ2v) is 9.14. The van der Waals surface area contributed by atoms with Gasteiger partial charge in [-0.2, -0.15) is 0 Å². The zero-order valence-corrected chi connectivity index (χ0v) is 21.3. The number of fused-ring (bicyclic) bond motifs is 1. The normalized spacial score (nSPS) is 12.6. The Morgan fingerprint density at radius 1 is 1.32 bits per heavy atom. The fourth-order valence-electron chi connectivity index (χ4n) is 4.06. The molecule has 0 aliphatic heterocycles. The molecule has 0 fully saturated rings. The summed E-state index contributed by atoms with van der Waals surface area (Å²) in [6.45, 7) is 11.1. The number of rotatable bonds is 7. The summed E-state index contributed by atoms with van der Waals surface area (Å²) < 4.78 is 12.2. The van der Waals surface area contributed by atoms with E-state index in [1.807, 2.05) is 31.2 Å². The van der Waals surface area contributed by atoms with Gasteiger partial charge in [0.05, 0.1) is 11.1 Å². The minimum Gasteiger partial charge on any atom is -0.457 e. The summed E-state index contributed by atoms with van der Waals surface area (Å²) in [7, 11) is 0. The summed E-state index contributed by atoms with van der Waals surface area (Å²) in [4.78, 5) is 29.6. The average Bonchev–Trinajstić information content (AvgIpc) is 3.46. The maximum absolute atomic E-state index is 13.3. The third-order valence-corrected chi connectivity index (χ3v) is 6.18. The molecule has 0 spiro atoms. The zero-order valence-electron chi connectivity index (χ0n) is 21.3. The van der Waals surface area contributed by atoms with Gasteiger partial charge in [0.1, 0.15) is 23.6 Å². The lowest BCUT2D eigenvalue weighted by molar-refractivity contribution is 0.0473. The van der Waals surface area contributed by atoms with Gasteiger partial charge in [0.2, 0.25) is 0 Å². The van der Waals surface area contributed by atoms with Gasteiger partial charge < -0.3 is 23.9 Å². The minimum absolute atomic E-state index is 0.0925. The monoisotopic (exact) mass is 499 g/mol. The number of pyridine rings is 1. The first-order valence-corrected chi connectivity index (χ1v) is 11.9. The predicted octanol–water partition coefficient (Wildman–Crippen LogP) is 4.44. The highest BCUT2D eigenvalue weighted by atomic mass is 16.5. The van der Waals surface area contributed by atoms with Gasteiger partial charge in [0.25, 0.3) is 5.56 Å². The molecular formula is C29H29N3O5. The van der Waals surface area contributed by atoms with Crippen LogP contribution in [0.3, 0.4) is 0 Å². The molecule has 1 aromatic carbocycles. The number of aromatic nitrogens is 3. The van der Waals surface area contributed by atoms with Crippen LogP contribution in [0.1, 0.15) is 57.5 Å². The second-order valence-electron chi connectivity index (χ2n) is 9.14. The molecule has 3 heterocycles. The van der Waals surface area contributed by atoms with Crippen LogP contribution in [0.5, 0.6) is 0 Å². The van der Waals surface area contributed by atoms with Gasteiger partial charge >= 0.3 is 5.97 Å². The van der Waals surface area contributed by atoms with Gasteiger partial charge in [-0.15, -0.1) is 6.58 Å². The molecule has 2 N–H and O–H groups in total. The van der Waals surface area contributed by atoms with Gasteiger partial charge in [-0.3, -0.25) is 4.79 Å². The van der Waals surface area contributed by atoms with E-state index in [4.69, 9.17) is 9.26 Å². The lowest BCUT2D eigenvalue weighted by atomic mass is 10.0. The summed E-state index contributed by atoms with van der Waals surface area (Å²) in [5, 5.41) is 15.2. The zero-order chi connectivity index (χ0) is 26.7. The molecule has 8 heteroatoms. The van der Waals surface area contributed by atoms with Crippen LogP contribution in [0.2, 0.25) is 0 Å². The highest BCUT2D eigenvalue weighted by Crippen LogP contribution is 2.26. The van der Waals surface area contributed by atoms with Gasteiger partial charge in [-0.05, 0) is 45.2 Å². The van der Waals surface area contributed by atoms with Gasteiger partial charge in [0, 0.05) is 29.9 Å². The Balaban J connectivity index is 1.82. The van der Waals surface area contributed by atoms with E-state index in [9.17, 15) is 14.7 Å². The van der Waals surface area contributed by atoms with E-state index in [2.05, 4.69) is 28.6 Å². The van der Waals surface area contributed by atoms with E-state index in [0.29, 0.717) is 35.4 Å². The molecule has 0 aliphatic carbocycles. The maximum atomic E-state index is 13.3. The number of carbonyl (C=O) groups is 1. The van der Waals surface area contributed by atoms with Crippen molar-refractivity contribution in [3.8, 4) is 11.8 Å². The number of benzene rings is 1. The Morgan fingerprint density at radius 3 is 2.76 bits per heavy atom. The number of carbonyl (C=O) groups excluding carboxylic acids is 1. The number of allylic oxidation sites excluding steroid dienone is 1. The summed E-state index contributed by atoms with van der Waals surface area (Å²) in [6.07, 6.45) is 3.88. The largest absolute Gasteiger partial charge is 0.457 e. The van der Waals surface area contributed by atoms with E-state index in [1.54, 1.807) is 32.2 Å². The first-order valence-electron chi connectivity index (χ1n) is 11.9. The van der Waals surface area contributed by atoms with Crippen LogP contribution in [0.4, 0.5) is 0 Å². The molecule has 3 aromatic heterocycles. The summed E-state index contributed by atoms with van der Waals surface area (Å²) in [6, 6.07) is 9.25. The Labute approximate surface area is 214 Å². The number of aromatic amines is 1.